The van der Waals surface area contributed by atoms with Crippen LogP contribution in [0.5, 0.6) is 0 Å². The van der Waals surface area contributed by atoms with Gasteiger partial charge in [-0.3, -0.25) is 9.69 Å². The second-order valence-corrected chi connectivity index (χ2v) is 8.53. The molecule has 1 saturated heterocycles. The summed E-state index contributed by atoms with van der Waals surface area (Å²) in [6, 6.07) is 17.7. The van der Waals surface area contributed by atoms with Crippen LogP contribution in [0.15, 0.2) is 54.6 Å². The van der Waals surface area contributed by atoms with Crippen LogP contribution in [-0.2, 0) is 17.9 Å². The predicted octanol–water partition coefficient (Wildman–Crippen LogP) is 4.09. The van der Waals surface area contributed by atoms with Gasteiger partial charge in [0.15, 0.2) is 0 Å². The van der Waals surface area contributed by atoms with E-state index in [4.69, 9.17) is 0 Å². The van der Waals surface area contributed by atoms with E-state index >= 15 is 0 Å². The van der Waals surface area contributed by atoms with Gasteiger partial charge in [0.2, 0.25) is 5.91 Å². The largest absolute Gasteiger partial charge is 0.337 e. The number of nitrogens with one attached hydrogen (secondary N) is 2. The van der Waals surface area contributed by atoms with Crippen LogP contribution in [0.1, 0.15) is 37.3 Å². The summed E-state index contributed by atoms with van der Waals surface area (Å²) in [5, 5.41) is 5.70. The third-order valence-electron chi connectivity index (χ3n) is 5.76. The first-order valence-corrected chi connectivity index (χ1v) is 11.1. The Morgan fingerprint density at radius 3 is 2.35 bits per heavy atom. The van der Waals surface area contributed by atoms with E-state index in [0.717, 1.165) is 36.8 Å². The van der Waals surface area contributed by atoms with Gasteiger partial charge in [0, 0.05) is 38.8 Å². The standard InChI is InChI=1S/C25H34N4O2/c1-20-13-16-29(17-14-20)19-22-8-10-23(11-9-22)27-24(30)12-15-26-25(31)28(2)18-21-6-4-3-5-7-21/h3-11,20H,12-19H2,1-2H3,(H,26,31)(H,27,30). The number of hydrogen-bond acceptors (Lipinski definition) is 3. The van der Waals surface area contributed by atoms with E-state index in [1.54, 1.807) is 11.9 Å². The van der Waals surface area contributed by atoms with Crippen molar-refractivity contribution in [3.8, 4) is 0 Å². The van der Waals surface area contributed by atoms with Crippen LogP contribution in [-0.4, -0.2) is 48.4 Å². The first-order valence-electron chi connectivity index (χ1n) is 11.1. The first kappa shape index (κ1) is 22.8. The van der Waals surface area contributed by atoms with Gasteiger partial charge in [-0.05, 0) is 55.1 Å². The van der Waals surface area contributed by atoms with Crippen molar-refractivity contribution in [2.45, 2.75) is 39.3 Å². The number of amides is 3. The normalized spacial score (nSPS) is 14.8. The van der Waals surface area contributed by atoms with E-state index in [2.05, 4.69) is 34.6 Å². The van der Waals surface area contributed by atoms with E-state index in [1.165, 1.54) is 18.4 Å². The Morgan fingerprint density at radius 1 is 1.00 bits per heavy atom. The van der Waals surface area contributed by atoms with Gasteiger partial charge in [0.1, 0.15) is 0 Å². The second-order valence-electron chi connectivity index (χ2n) is 8.53. The maximum atomic E-state index is 12.2. The van der Waals surface area contributed by atoms with E-state index in [0.29, 0.717) is 13.1 Å². The quantitative estimate of drug-likeness (QED) is 0.673. The van der Waals surface area contributed by atoms with Crippen molar-refractivity contribution in [1.29, 1.82) is 0 Å². The SMILES string of the molecule is CC1CCN(Cc2ccc(NC(=O)CCNC(=O)N(C)Cc3ccccc3)cc2)CC1. The third kappa shape index (κ3) is 7.72. The summed E-state index contributed by atoms with van der Waals surface area (Å²) in [6.45, 7) is 6.43. The highest BCUT2D eigenvalue weighted by atomic mass is 16.2. The Kier molecular flexibility index (Phi) is 8.47. The molecule has 0 aliphatic carbocycles. The minimum Gasteiger partial charge on any atom is -0.337 e. The Hall–Kier alpha value is -2.86. The molecule has 0 unspecified atom stereocenters. The molecule has 0 aromatic heterocycles. The Labute approximate surface area is 185 Å². The molecule has 0 saturated carbocycles. The zero-order valence-electron chi connectivity index (χ0n) is 18.6. The van der Waals surface area contributed by atoms with Crippen LogP contribution >= 0.6 is 0 Å². The fourth-order valence-electron chi connectivity index (χ4n) is 3.74. The Bertz CT molecular complexity index is 830. The summed E-state index contributed by atoms with van der Waals surface area (Å²) < 4.78 is 0. The summed E-state index contributed by atoms with van der Waals surface area (Å²) in [5.74, 6) is 0.728. The molecule has 6 heteroatoms. The lowest BCUT2D eigenvalue weighted by Crippen LogP contribution is -2.38. The van der Waals surface area contributed by atoms with Crippen molar-refractivity contribution >= 4 is 17.6 Å². The van der Waals surface area contributed by atoms with Gasteiger partial charge in [-0.2, -0.15) is 0 Å². The van der Waals surface area contributed by atoms with Crippen LogP contribution in [0.3, 0.4) is 0 Å². The van der Waals surface area contributed by atoms with Gasteiger partial charge in [-0.15, -0.1) is 0 Å². The topological polar surface area (TPSA) is 64.7 Å². The smallest absolute Gasteiger partial charge is 0.317 e. The average molecular weight is 423 g/mol. The van der Waals surface area contributed by atoms with E-state index in [1.807, 2.05) is 42.5 Å². The molecule has 1 aliphatic heterocycles. The summed E-state index contributed by atoms with van der Waals surface area (Å²) >= 11 is 0. The number of benzene rings is 2. The second kappa shape index (κ2) is 11.5. The van der Waals surface area contributed by atoms with E-state index in [9.17, 15) is 9.59 Å². The molecular formula is C25H34N4O2. The van der Waals surface area contributed by atoms with Crippen LogP contribution < -0.4 is 10.6 Å². The van der Waals surface area contributed by atoms with Crippen LogP contribution in [0.4, 0.5) is 10.5 Å². The van der Waals surface area contributed by atoms with Crippen molar-refractivity contribution in [2.24, 2.45) is 5.92 Å². The van der Waals surface area contributed by atoms with Crippen molar-refractivity contribution in [1.82, 2.24) is 15.1 Å². The van der Waals surface area contributed by atoms with Gasteiger partial charge >= 0.3 is 6.03 Å². The number of anilines is 1. The van der Waals surface area contributed by atoms with Crippen molar-refractivity contribution in [3.05, 3.63) is 65.7 Å². The molecule has 166 valence electrons. The average Bonchev–Trinajstić information content (AvgIpc) is 2.77. The monoisotopic (exact) mass is 422 g/mol. The molecule has 0 spiro atoms. The number of carbonyl (C=O) groups is 2. The minimum absolute atomic E-state index is 0.108. The number of piperidine rings is 1. The molecule has 2 N–H and O–H groups in total. The summed E-state index contributed by atoms with van der Waals surface area (Å²) in [5.41, 5.74) is 3.12. The Morgan fingerprint density at radius 2 is 1.68 bits per heavy atom. The molecule has 1 fully saturated rings. The fraction of sp³-hybridized carbons (Fsp3) is 0.440. The molecule has 0 bridgehead atoms. The number of carbonyl (C=O) groups excluding carboxylic acids is 2. The third-order valence-corrected chi connectivity index (χ3v) is 5.76. The number of nitrogens with zero attached hydrogens (tertiary/aromatic N) is 2. The first-order chi connectivity index (χ1) is 15.0. The lowest BCUT2D eigenvalue weighted by Gasteiger charge is -2.30. The molecule has 1 aliphatic rings. The molecule has 1 heterocycles. The highest BCUT2D eigenvalue weighted by molar-refractivity contribution is 5.91. The van der Waals surface area contributed by atoms with Crippen molar-refractivity contribution < 1.29 is 9.59 Å². The summed E-state index contributed by atoms with van der Waals surface area (Å²) in [4.78, 5) is 28.5. The Balaban J connectivity index is 1.35. The van der Waals surface area contributed by atoms with E-state index < -0.39 is 0 Å². The zero-order chi connectivity index (χ0) is 22.1. The maximum absolute atomic E-state index is 12.2. The number of urea groups is 1. The van der Waals surface area contributed by atoms with Crippen molar-refractivity contribution in [3.63, 3.8) is 0 Å². The summed E-state index contributed by atoms with van der Waals surface area (Å²) in [7, 11) is 1.74. The predicted molar refractivity (Wildman–Crippen MR) is 125 cm³/mol. The highest BCUT2D eigenvalue weighted by Crippen LogP contribution is 2.19. The highest BCUT2D eigenvalue weighted by Gasteiger charge is 2.15. The molecule has 0 atom stereocenters. The molecule has 3 rings (SSSR count). The molecule has 2 aromatic carbocycles. The molecule has 31 heavy (non-hydrogen) atoms. The summed E-state index contributed by atoms with van der Waals surface area (Å²) in [6.07, 6.45) is 2.78. The lowest BCUT2D eigenvalue weighted by molar-refractivity contribution is -0.116. The fourth-order valence-corrected chi connectivity index (χ4v) is 3.74. The van der Waals surface area contributed by atoms with Crippen LogP contribution in [0.25, 0.3) is 0 Å². The van der Waals surface area contributed by atoms with Gasteiger partial charge in [-0.25, -0.2) is 4.79 Å². The minimum atomic E-state index is -0.187. The van der Waals surface area contributed by atoms with Gasteiger partial charge in [-0.1, -0.05) is 49.4 Å². The van der Waals surface area contributed by atoms with E-state index in [-0.39, 0.29) is 18.4 Å². The zero-order valence-corrected chi connectivity index (χ0v) is 18.6. The molecule has 6 nitrogen and oxygen atoms in total. The molecule has 3 amide bonds. The van der Waals surface area contributed by atoms with Crippen LogP contribution in [0.2, 0.25) is 0 Å². The molecule has 2 aromatic rings. The molecular weight excluding hydrogens is 388 g/mol. The maximum Gasteiger partial charge on any atom is 0.317 e. The van der Waals surface area contributed by atoms with Gasteiger partial charge in [0.25, 0.3) is 0 Å². The van der Waals surface area contributed by atoms with Crippen molar-refractivity contribution in [2.75, 3.05) is 32.0 Å². The number of likely N-dealkylation sites (tertiary alicyclic amines) is 1. The number of rotatable bonds is 8. The van der Waals surface area contributed by atoms with Gasteiger partial charge < -0.3 is 15.5 Å². The number of hydrogen-bond donors (Lipinski definition) is 2. The van der Waals surface area contributed by atoms with Crippen LogP contribution in [0, 0.1) is 5.92 Å². The molecule has 0 radical (unpaired) electrons. The lowest BCUT2D eigenvalue weighted by atomic mass is 9.99. The van der Waals surface area contributed by atoms with Gasteiger partial charge in [0.05, 0.1) is 0 Å².